The van der Waals surface area contributed by atoms with E-state index >= 15 is 0 Å². The van der Waals surface area contributed by atoms with Gasteiger partial charge in [0.25, 0.3) is 0 Å². The van der Waals surface area contributed by atoms with Crippen LogP contribution in [0.2, 0.25) is 0 Å². The molecule has 1 fully saturated rings. The van der Waals surface area contributed by atoms with Crippen LogP contribution >= 0.6 is 0 Å². The number of hydrogen-bond acceptors (Lipinski definition) is 3. The Labute approximate surface area is 103 Å². The standard InChI is InChI=1S/C14H21NO2/c1-11-5-2-3-7-13(11)14(10-16)15-9-12-6-4-8-17-12/h2-3,5,7,12,14-16H,4,6,8-10H2,1H3. The van der Waals surface area contributed by atoms with Gasteiger partial charge in [0.2, 0.25) is 0 Å². The van der Waals surface area contributed by atoms with Crippen LogP contribution in [0.5, 0.6) is 0 Å². The Morgan fingerprint density at radius 2 is 2.29 bits per heavy atom. The zero-order valence-electron chi connectivity index (χ0n) is 10.4. The van der Waals surface area contributed by atoms with E-state index in [-0.39, 0.29) is 12.6 Å². The number of hydrogen-bond donors (Lipinski definition) is 2. The van der Waals surface area contributed by atoms with E-state index in [0.29, 0.717) is 6.10 Å². The molecule has 0 radical (unpaired) electrons. The zero-order chi connectivity index (χ0) is 12.1. The SMILES string of the molecule is Cc1ccccc1C(CO)NCC1CCCO1. The molecule has 1 saturated heterocycles. The van der Waals surface area contributed by atoms with E-state index < -0.39 is 0 Å². The van der Waals surface area contributed by atoms with Crippen molar-refractivity contribution in [3.05, 3.63) is 35.4 Å². The lowest BCUT2D eigenvalue weighted by Gasteiger charge is -2.20. The highest BCUT2D eigenvalue weighted by atomic mass is 16.5. The molecular formula is C14H21NO2. The number of aliphatic hydroxyl groups excluding tert-OH is 1. The summed E-state index contributed by atoms with van der Waals surface area (Å²) >= 11 is 0. The molecule has 3 heteroatoms. The third-order valence-corrected chi connectivity index (χ3v) is 3.36. The maximum absolute atomic E-state index is 9.47. The van der Waals surface area contributed by atoms with Crippen LogP contribution in [0.1, 0.15) is 30.0 Å². The molecule has 0 bridgehead atoms. The quantitative estimate of drug-likeness (QED) is 0.817. The van der Waals surface area contributed by atoms with Crippen molar-refractivity contribution in [2.45, 2.75) is 31.9 Å². The number of aryl methyl sites for hydroxylation is 1. The summed E-state index contributed by atoms with van der Waals surface area (Å²) in [6.45, 7) is 3.89. The normalized spacial score (nSPS) is 21.6. The summed E-state index contributed by atoms with van der Waals surface area (Å²) in [5, 5.41) is 12.9. The van der Waals surface area contributed by atoms with Crippen LogP contribution < -0.4 is 5.32 Å². The summed E-state index contributed by atoms with van der Waals surface area (Å²) in [5.74, 6) is 0. The van der Waals surface area contributed by atoms with Crippen LogP contribution in [0.4, 0.5) is 0 Å². The zero-order valence-corrected chi connectivity index (χ0v) is 10.4. The Kier molecular flexibility index (Phi) is 4.54. The molecule has 1 aromatic rings. The van der Waals surface area contributed by atoms with Crippen molar-refractivity contribution in [1.29, 1.82) is 0 Å². The average molecular weight is 235 g/mol. The number of rotatable bonds is 5. The molecule has 1 heterocycles. The largest absolute Gasteiger partial charge is 0.394 e. The van der Waals surface area contributed by atoms with Crippen molar-refractivity contribution in [1.82, 2.24) is 5.32 Å². The fourth-order valence-corrected chi connectivity index (χ4v) is 2.33. The monoisotopic (exact) mass is 235 g/mol. The molecule has 0 amide bonds. The van der Waals surface area contributed by atoms with Gasteiger partial charge in [-0.25, -0.2) is 0 Å². The lowest BCUT2D eigenvalue weighted by molar-refractivity contribution is 0.104. The lowest BCUT2D eigenvalue weighted by atomic mass is 10.0. The smallest absolute Gasteiger partial charge is 0.0700 e. The minimum atomic E-state index is 0.0143. The van der Waals surface area contributed by atoms with Crippen molar-refractivity contribution in [2.75, 3.05) is 19.8 Å². The molecule has 1 aliphatic rings. The molecule has 94 valence electrons. The first-order valence-electron chi connectivity index (χ1n) is 6.32. The summed E-state index contributed by atoms with van der Waals surface area (Å²) in [5.41, 5.74) is 2.39. The Balaban J connectivity index is 1.94. The van der Waals surface area contributed by atoms with Gasteiger partial charge in [0.15, 0.2) is 0 Å². The predicted octanol–water partition coefficient (Wildman–Crippen LogP) is 1.80. The van der Waals surface area contributed by atoms with Crippen molar-refractivity contribution in [3.8, 4) is 0 Å². The van der Waals surface area contributed by atoms with E-state index in [9.17, 15) is 5.11 Å². The second-order valence-electron chi connectivity index (χ2n) is 4.64. The number of benzene rings is 1. The molecule has 0 aliphatic carbocycles. The summed E-state index contributed by atoms with van der Waals surface area (Å²) < 4.78 is 5.57. The molecule has 1 aliphatic heterocycles. The van der Waals surface area contributed by atoms with Crippen LogP contribution in [0.25, 0.3) is 0 Å². The number of nitrogens with one attached hydrogen (secondary N) is 1. The number of aliphatic hydroxyl groups is 1. The summed E-state index contributed by atoms with van der Waals surface area (Å²) in [6.07, 6.45) is 2.59. The Hall–Kier alpha value is -0.900. The van der Waals surface area contributed by atoms with E-state index in [4.69, 9.17) is 4.74 Å². The molecule has 2 atom stereocenters. The number of ether oxygens (including phenoxy) is 1. The Morgan fingerprint density at radius 1 is 1.47 bits per heavy atom. The van der Waals surface area contributed by atoms with Crippen LogP contribution in [0.3, 0.4) is 0 Å². The van der Waals surface area contributed by atoms with Gasteiger partial charge >= 0.3 is 0 Å². The molecule has 2 N–H and O–H groups in total. The fourth-order valence-electron chi connectivity index (χ4n) is 2.33. The molecule has 0 saturated carbocycles. The van der Waals surface area contributed by atoms with E-state index in [1.165, 1.54) is 11.1 Å². The van der Waals surface area contributed by atoms with Gasteiger partial charge in [-0.2, -0.15) is 0 Å². The lowest BCUT2D eigenvalue weighted by Crippen LogP contribution is -2.32. The summed E-state index contributed by atoms with van der Waals surface area (Å²) in [6, 6.07) is 8.19. The molecule has 2 unspecified atom stereocenters. The first-order valence-corrected chi connectivity index (χ1v) is 6.32. The molecule has 17 heavy (non-hydrogen) atoms. The summed E-state index contributed by atoms with van der Waals surface area (Å²) in [4.78, 5) is 0. The summed E-state index contributed by atoms with van der Waals surface area (Å²) in [7, 11) is 0. The van der Waals surface area contributed by atoms with Gasteiger partial charge in [0.1, 0.15) is 0 Å². The van der Waals surface area contributed by atoms with Gasteiger partial charge in [-0.1, -0.05) is 24.3 Å². The Morgan fingerprint density at radius 3 is 2.94 bits per heavy atom. The van der Waals surface area contributed by atoms with Crippen LogP contribution in [0, 0.1) is 6.92 Å². The molecule has 3 nitrogen and oxygen atoms in total. The first-order chi connectivity index (χ1) is 8.31. The van der Waals surface area contributed by atoms with Gasteiger partial charge in [0, 0.05) is 13.2 Å². The maximum atomic E-state index is 9.47. The van der Waals surface area contributed by atoms with Crippen LogP contribution in [0.15, 0.2) is 24.3 Å². The minimum absolute atomic E-state index is 0.0143. The molecule has 1 aromatic carbocycles. The third-order valence-electron chi connectivity index (χ3n) is 3.36. The molecule has 0 spiro atoms. The van der Waals surface area contributed by atoms with Gasteiger partial charge in [-0.3, -0.25) is 0 Å². The van der Waals surface area contributed by atoms with E-state index in [2.05, 4.69) is 24.4 Å². The maximum Gasteiger partial charge on any atom is 0.0700 e. The van der Waals surface area contributed by atoms with Crippen LogP contribution in [-0.2, 0) is 4.74 Å². The van der Waals surface area contributed by atoms with Crippen molar-refractivity contribution >= 4 is 0 Å². The van der Waals surface area contributed by atoms with Gasteiger partial charge in [0.05, 0.1) is 18.8 Å². The average Bonchev–Trinajstić information content (AvgIpc) is 2.85. The highest BCUT2D eigenvalue weighted by Crippen LogP contribution is 2.18. The fraction of sp³-hybridized carbons (Fsp3) is 0.571. The van der Waals surface area contributed by atoms with Gasteiger partial charge in [-0.05, 0) is 30.9 Å². The highest BCUT2D eigenvalue weighted by Gasteiger charge is 2.18. The highest BCUT2D eigenvalue weighted by molar-refractivity contribution is 5.28. The van der Waals surface area contributed by atoms with Gasteiger partial charge < -0.3 is 15.2 Å². The predicted molar refractivity (Wildman–Crippen MR) is 68.0 cm³/mol. The topological polar surface area (TPSA) is 41.5 Å². The minimum Gasteiger partial charge on any atom is -0.394 e. The van der Waals surface area contributed by atoms with Gasteiger partial charge in [-0.15, -0.1) is 0 Å². The second kappa shape index (κ2) is 6.15. The molecular weight excluding hydrogens is 214 g/mol. The Bertz CT molecular complexity index is 348. The first kappa shape index (κ1) is 12.6. The second-order valence-corrected chi connectivity index (χ2v) is 4.64. The molecule has 0 aromatic heterocycles. The third kappa shape index (κ3) is 3.28. The molecule has 2 rings (SSSR count). The van der Waals surface area contributed by atoms with Crippen molar-refractivity contribution in [3.63, 3.8) is 0 Å². The van der Waals surface area contributed by atoms with Crippen LogP contribution in [-0.4, -0.2) is 31.0 Å². The van der Waals surface area contributed by atoms with Crippen molar-refractivity contribution in [2.24, 2.45) is 0 Å². The van der Waals surface area contributed by atoms with E-state index in [1.807, 2.05) is 12.1 Å². The van der Waals surface area contributed by atoms with Crippen molar-refractivity contribution < 1.29 is 9.84 Å². The van der Waals surface area contributed by atoms with E-state index in [1.54, 1.807) is 0 Å². The van der Waals surface area contributed by atoms with E-state index in [0.717, 1.165) is 26.0 Å².